The summed E-state index contributed by atoms with van der Waals surface area (Å²) in [6, 6.07) is 0. The highest BCUT2D eigenvalue weighted by Gasteiger charge is 2.27. The average molecular weight is 261 g/mol. The van der Waals surface area contributed by atoms with Crippen LogP contribution in [0.15, 0.2) is 6.33 Å². The second kappa shape index (κ2) is 4.77. The first-order valence-electron chi connectivity index (χ1n) is 5.05. The molecule has 98 valence electrons. The lowest BCUT2D eigenvalue weighted by atomic mass is 10.4. The van der Waals surface area contributed by atoms with E-state index in [2.05, 4.69) is 24.7 Å². The van der Waals surface area contributed by atoms with Crippen LogP contribution in [-0.2, 0) is 11.2 Å². The lowest BCUT2D eigenvalue weighted by molar-refractivity contribution is -0.173. The Kier molecular flexibility index (Phi) is 3.32. The maximum Gasteiger partial charge on any atom is 0.411 e. The molecule has 2 heterocycles. The Balaban J connectivity index is 1.94. The molecule has 0 aliphatic heterocycles. The van der Waals surface area contributed by atoms with Gasteiger partial charge in [-0.2, -0.15) is 13.2 Å². The fraction of sp³-hybridized carbons (Fsp3) is 0.444. The van der Waals surface area contributed by atoms with Gasteiger partial charge in [-0.15, -0.1) is 0 Å². The molecule has 18 heavy (non-hydrogen) atoms. The van der Waals surface area contributed by atoms with E-state index in [-0.39, 0.29) is 18.8 Å². The SMILES string of the molecule is Nc1ncnc2nc(CCOCC(F)(F)F)[nH]c12. The van der Waals surface area contributed by atoms with Crippen LogP contribution in [0.3, 0.4) is 0 Å². The number of ether oxygens (including phenoxy) is 1. The van der Waals surface area contributed by atoms with Crippen molar-refractivity contribution in [3.8, 4) is 0 Å². The third-order valence-corrected chi connectivity index (χ3v) is 2.12. The van der Waals surface area contributed by atoms with E-state index < -0.39 is 12.8 Å². The van der Waals surface area contributed by atoms with Gasteiger partial charge < -0.3 is 15.5 Å². The highest BCUT2D eigenvalue weighted by molar-refractivity contribution is 5.80. The second-order valence-corrected chi connectivity index (χ2v) is 3.56. The number of alkyl halides is 3. The highest BCUT2D eigenvalue weighted by Crippen LogP contribution is 2.15. The first-order valence-corrected chi connectivity index (χ1v) is 5.05. The van der Waals surface area contributed by atoms with Crippen LogP contribution in [0.2, 0.25) is 0 Å². The van der Waals surface area contributed by atoms with Crippen LogP contribution >= 0.6 is 0 Å². The van der Waals surface area contributed by atoms with E-state index in [0.717, 1.165) is 0 Å². The smallest absolute Gasteiger partial charge is 0.382 e. The zero-order valence-electron chi connectivity index (χ0n) is 9.16. The van der Waals surface area contributed by atoms with Gasteiger partial charge in [0.1, 0.15) is 24.3 Å². The van der Waals surface area contributed by atoms with Crippen LogP contribution in [0.5, 0.6) is 0 Å². The standard InChI is InChI=1S/C9H10F3N5O/c10-9(11,12)3-18-2-1-5-16-6-7(13)14-4-15-8(6)17-5/h4H,1-3H2,(H3,13,14,15,16,17). The maximum absolute atomic E-state index is 11.8. The summed E-state index contributed by atoms with van der Waals surface area (Å²) < 4.78 is 39.9. The number of anilines is 1. The largest absolute Gasteiger partial charge is 0.411 e. The molecule has 0 saturated heterocycles. The van der Waals surface area contributed by atoms with Gasteiger partial charge in [0.15, 0.2) is 11.5 Å². The van der Waals surface area contributed by atoms with E-state index >= 15 is 0 Å². The van der Waals surface area contributed by atoms with Crippen molar-refractivity contribution in [3.63, 3.8) is 0 Å². The van der Waals surface area contributed by atoms with Crippen LogP contribution in [0.25, 0.3) is 11.2 Å². The molecule has 0 spiro atoms. The van der Waals surface area contributed by atoms with Crippen LogP contribution in [-0.4, -0.2) is 39.3 Å². The monoisotopic (exact) mass is 261 g/mol. The average Bonchev–Trinajstić information content (AvgIpc) is 2.68. The normalized spacial score (nSPS) is 12.2. The third-order valence-electron chi connectivity index (χ3n) is 2.12. The molecule has 0 amide bonds. The molecule has 0 saturated carbocycles. The van der Waals surface area contributed by atoms with E-state index in [1.165, 1.54) is 6.33 Å². The summed E-state index contributed by atoms with van der Waals surface area (Å²) in [6.07, 6.45) is -2.84. The summed E-state index contributed by atoms with van der Waals surface area (Å²) in [5.74, 6) is 0.703. The van der Waals surface area contributed by atoms with E-state index in [0.29, 0.717) is 17.0 Å². The van der Waals surface area contributed by atoms with Gasteiger partial charge in [-0.25, -0.2) is 15.0 Å². The Morgan fingerprint density at radius 1 is 1.33 bits per heavy atom. The number of aromatic amines is 1. The van der Waals surface area contributed by atoms with Crippen LogP contribution in [0.4, 0.5) is 19.0 Å². The Bertz CT molecular complexity index is 538. The summed E-state index contributed by atoms with van der Waals surface area (Å²) in [5.41, 5.74) is 6.44. The topological polar surface area (TPSA) is 89.7 Å². The Morgan fingerprint density at radius 3 is 2.78 bits per heavy atom. The third kappa shape index (κ3) is 3.06. The van der Waals surface area contributed by atoms with Crippen molar-refractivity contribution in [2.75, 3.05) is 18.9 Å². The number of halogens is 3. The van der Waals surface area contributed by atoms with Crippen molar-refractivity contribution in [1.29, 1.82) is 0 Å². The maximum atomic E-state index is 11.8. The van der Waals surface area contributed by atoms with E-state index in [4.69, 9.17) is 5.73 Å². The molecule has 0 aliphatic rings. The van der Waals surface area contributed by atoms with Gasteiger partial charge in [-0.3, -0.25) is 0 Å². The molecule has 0 aromatic carbocycles. The number of rotatable bonds is 4. The summed E-state index contributed by atoms with van der Waals surface area (Å²) in [5, 5.41) is 0. The van der Waals surface area contributed by atoms with Gasteiger partial charge in [-0.05, 0) is 0 Å². The molecule has 0 fully saturated rings. The summed E-state index contributed by atoms with van der Waals surface area (Å²) in [7, 11) is 0. The fourth-order valence-electron chi connectivity index (χ4n) is 1.37. The zero-order chi connectivity index (χ0) is 13.2. The molecular weight excluding hydrogens is 251 g/mol. The molecule has 9 heteroatoms. The lowest BCUT2D eigenvalue weighted by Crippen LogP contribution is -2.18. The van der Waals surface area contributed by atoms with Crippen molar-refractivity contribution in [1.82, 2.24) is 19.9 Å². The molecule has 2 aromatic heterocycles. The quantitative estimate of drug-likeness (QED) is 0.803. The minimum Gasteiger partial charge on any atom is -0.382 e. The number of hydrogen-bond donors (Lipinski definition) is 2. The predicted molar refractivity (Wildman–Crippen MR) is 56.7 cm³/mol. The minimum absolute atomic E-state index is 0.0906. The van der Waals surface area contributed by atoms with Gasteiger partial charge in [0.05, 0.1) is 6.61 Å². The first-order chi connectivity index (χ1) is 8.46. The number of aromatic nitrogens is 4. The van der Waals surface area contributed by atoms with Gasteiger partial charge in [-0.1, -0.05) is 0 Å². The first kappa shape index (κ1) is 12.6. The Hall–Kier alpha value is -1.90. The van der Waals surface area contributed by atoms with Gasteiger partial charge in [0.2, 0.25) is 0 Å². The molecule has 0 unspecified atom stereocenters. The van der Waals surface area contributed by atoms with Crippen molar-refractivity contribution >= 4 is 17.0 Å². The van der Waals surface area contributed by atoms with Crippen molar-refractivity contribution in [3.05, 3.63) is 12.2 Å². The molecule has 6 nitrogen and oxygen atoms in total. The molecule has 2 aromatic rings. The van der Waals surface area contributed by atoms with E-state index in [9.17, 15) is 13.2 Å². The molecule has 0 aliphatic carbocycles. The van der Waals surface area contributed by atoms with Crippen molar-refractivity contribution in [2.45, 2.75) is 12.6 Å². The second-order valence-electron chi connectivity index (χ2n) is 3.56. The molecule has 0 radical (unpaired) electrons. The van der Waals surface area contributed by atoms with E-state index in [1.54, 1.807) is 0 Å². The number of nitrogens with one attached hydrogen (secondary N) is 1. The van der Waals surface area contributed by atoms with Crippen molar-refractivity contribution < 1.29 is 17.9 Å². The molecule has 3 N–H and O–H groups in total. The number of nitrogens with zero attached hydrogens (tertiary/aromatic N) is 3. The minimum atomic E-state index is -4.32. The highest BCUT2D eigenvalue weighted by atomic mass is 19.4. The number of nitrogen functional groups attached to an aromatic ring is 1. The van der Waals surface area contributed by atoms with Crippen LogP contribution in [0.1, 0.15) is 5.82 Å². The lowest BCUT2D eigenvalue weighted by Gasteiger charge is -2.06. The van der Waals surface area contributed by atoms with Gasteiger partial charge in [0, 0.05) is 6.42 Å². The van der Waals surface area contributed by atoms with Gasteiger partial charge in [0.25, 0.3) is 0 Å². The van der Waals surface area contributed by atoms with E-state index in [1.807, 2.05) is 0 Å². The van der Waals surface area contributed by atoms with Crippen LogP contribution < -0.4 is 5.73 Å². The molecule has 2 rings (SSSR count). The Morgan fingerprint density at radius 2 is 2.11 bits per heavy atom. The van der Waals surface area contributed by atoms with Gasteiger partial charge >= 0.3 is 6.18 Å². The number of fused-ring (bicyclic) bond motifs is 1. The Labute approximate surface area is 99.4 Å². The number of nitrogens with two attached hydrogens (primary N) is 1. The number of H-pyrrole nitrogens is 1. The summed E-state index contributed by atoms with van der Waals surface area (Å²) in [6.45, 7) is -1.36. The number of imidazole rings is 1. The summed E-state index contributed by atoms with van der Waals surface area (Å²) in [4.78, 5) is 14.5. The zero-order valence-corrected chi connectivity index (χ0v) is 9.16. The number of hydrogen-bond acceptors (Lipinski definition) is 5. The van der Waals surface area contributed by atoms with Crippen LogP contribution in [0, 0.1) is 0 Å². The van der Waals surface area contributed by atoms with Crippen molar-refractivity contribution in [2.24, 2.45) is 0 Å². The summed E-state index contributed by atoms with van der Waals surface area (Å²) >= 11 is 0. The predicted octanol–water partition coefficient (Wildman–Crippen LogP) is 1.06. The fourth-order valence-corrected chi connectivity index (χ4v) is 1.37. The molecular formula is C9H10F3N5O. The molecule has 0 bridgehead atoms. The molecule has 0 atom stereocenters.